The molecule has 2 aromatic rings. The molecule has 0 atom stereocenters. The first kappa shape index (κ1) is 13.5. The first-order valence-electron chi connectivity index (χ1n) is 5.55. The van der Waals surface area contributed by atoms with Gasteiger partial charge in [0.25, 0.3) is 5.91 Å². The number of nitrogens with zero attached hydrogens (tertiary/aromatic N) is 3. The normalized spacial score (nSPS) is 10.3. The molecule has 0 spiro atoms. The van der Waals surface area contributed by atoms with Crippen LogP contribution in [-0.2, 0) is 0 Å². The van der Waals surface area contributed by atoms with Gasteiger partial charge in [-0.1, -0.05) is 0 Å². The van der Waals surface area contributed by atoms with Crippen LogP contribution >= 0.6 is 15.9 Å². The molecule has 0 N–H and O–H groups in total. The van der Waals surface area contributed by atoms with E-state index in [0.717, 1.165) is 16.4 Å². The smallest absolute Gasteiger partial charge is 0.273 e. The fourth-order valence-electron chi connectivity index (χ4n) is 1.58. The fourth-order valence-corrected chi connectivity index (χ4v) is 2.16. The van der Waals surface area contributed by atoms with Crippen molar-refractivity contribution in [3.63, 3.8) is 0 Å². The highest BCUT2D eigenvalue weighted by molar-refractivity contribution is 9.10. The van der Waals surface area contributed by atoms with Crippen LogP contribution in [0, 0.1) is 0 Å². The number of aromatic nitrogens is 2. The number of amides is 1. The lowest BCUT2D eigenvalue weighted by Gasteiger charge is -2.07. The van der Waals surface area contributed by atoms with Gasteiger partial charge in [0.15, 0.2) is 5.69 Å². The topological polar surface area (TPSA) is 55.2 Å². The molecule has 0 unspecified atom stereocenters. The molecule has 0 aliphatic carbocycles. The summed E-state index contributed by atoms with van der Waals surface area (Å²) in [5.74, 6) is -0.153. The number of benzene rings is 1. The van der Waals surface area contributed by atoms with E-state index in [1.54, 1.807) is 49.2 Å². The fraction of sp³-hybridized carbons (Fsp3) is 0.154. The van der Waals surface area contributed by atoms with Crippen molar-refractivity contribution in [2.75, 3.05) is 14.1 Å². The zero-order chi connectivity index (χ0) is 14.0. The van der Waals surface area contributed by atoms with Gasteiger partial charge in [0.05, 0.1) is 5.69 Å². The summed E-state index contributed by atoms with van der Waals surface area (Å²) in [4.78, 5) is 23.9. The van der Waals surface area contributed by atoms with Crippen molar-refractivity contribution in [3.05, 3.63) is 46.2 Å². The quantitative estimate of drug-likeness (QED) is 0.814. The molecule has 0 fully saturated rings. The van der Waals surface area contributed by atoms with Crippen LogP contribution in [0.25, 0.3) is 5.69 Å². The third-order valence-corrected chi connectivity index (χ3v) is 3.20. The maximum Gasteiger partial charge on any atom is 0.273 e. The van der Waals surface area contributed by atoms with Crippen molar-refractivity contribution in [2.24, 2.45) is 0 Å². The van der Waals surface area contributed by atoms with Crippen molar-refractivity contribution >= 4 is 28.1 Å². The minimum Gasteiger partial charge on any atom is -0.343 e. The zero-order valence-electron chi connectivity index (χ0n) is 10.5. The van der Waals surface area contributed by atoms with Gasteiger partial charge in [0, 0.05) is 30.3 Å². The zero-order valence-corrected chi connectivity index (χ0v) is 12.1. The van der Waals surface area contributed by atoms with E-state index in [2.05, 4.69) is 21.0 Å². The van der Waals surface area contributed by atoms with E-state index >= 15 is 0 Å². The summed E-state index contributed by atoms with van der Waals surface area (Å²) in [6.45, 7) is 0. The Hall–Kier alpha value is -1.95. The summed E-state index contributed by atoms with van der Waals surface area (Å²) in [6, 6.07) is 6.83. The Labute approximate surface area is 119 Å². The van der Waals surface area contributed by atoms with Crippen molar-refractivity contribution in [1.29, 1.82) is 0 Å². The van der Waals surface area contributed by atoms with E-state index in [1.165, 1.54) is 4.90 Å². The Bertz CT molecular complexity index is 635. The van der Waals surface area contributed by atoms with Crippen LogP contribution in [0.3, 0.4) is 0 Å². The van der Waals surface area contributed by atoms with Crippen LogP contribution in [0.15, 0.2) is 34.9 Å². The van der Waals surface area contributed by atoms with Crippen molar-refractivity contribution in [2.45, 2.75) is 0 Å². The highest BCUT2D eigenvalue weighted by Crippen LogP contribution is 2.21. The summed E-state index contributed by atoms with van der Waals surface area (Å²) in [7, 11) is 3.35. The van der Waals surface area contributed by atoms with E-state index in [0.29, 0.717) is 11.3 Å². The average Bonchev–Trinajstić information content (AvgIpc) is 2.86. The van der Waals surface area contributed by atoms with Gasteiger partial charge in [-0.05, 0) is 40.2 Å². The van der Waals surface area contributed by atoms with Crippen LogP contribution in [0.1, 0.15) is 20.8 Å². The Morgan fingerprint density at radius 1 is 1.37 bits per heavy atom. The molecule has 1 heterocycles. The lowest BCUT2D eigenvalue weighted by molar-refractivity contribution is 0.0821. The van der Waals surface area contributed by atoms with Crippen LogP contribution in [0.5, 0.6) is 0 Å². The molecule has 98 valence electrons. The number of carbonyl (C=O) groups is 2. The summed E-state index contributed by atoms with van der Waals surface area (Å²) >= 11 is 3.38. The average molecular weight is 322 g/mol. The summed E-state index contributed by atoms with van der Waals surface area (Å²) in [6.07, 6.45) is 2.48. The predicted octanol–water partition coefficient (Wildman–Crippen LogP) is 2.15. The van der Waals surface area contributed by atoms with Gasteiger partial charge in [0.2, 0.25) is 0 Å². The van der Waals surface area contributed by atoms with Gasteiger partial charge in [-0.25, -0.2) is 4.68 Å². The standard InChI is InChI=1S/C13H12BrN3O2/c1-16(2)13(19)11-5-6-17(15-11)12-4-3-9(8-18)7-10(12)14/h3-8H,1-2H3. The molecule has 1 amide bonds. The van der Waals surface area contributed by atoms with E-state index < -0.39 is 0 Å². The summed E-state index contributed by atoms with van der Waals surface area (Å²) < 4.78 is 2.33. The van der Waals surface area contributed by atoms with E-state index in [1.807, 2.05) is 0 Å². The van der Waals surface area contributed by atoms with Crippen LogP contribution in [-0.4, -0.2) is 41.0 Å². The second-order valence-electron chi connectivity index (χ2n) is 4.17. The van der Waals surface area contributed by atoms with Crippen molar-refractivity contribution in [3.8, 4) is 5.69 Å². The van der Waals surface area contributed by atoms with Crippen molar-refractivity contribution in [1.82, 2.24) is 14.7 Å². The molecule has 19 heavy (non-hydrogen) atoms. The molecule has 1 aromatic heterocycles. The molecule has 0 saturated carbocycles. The van der Waals surface area contributed by atoms with E-state index in [9.17, 15) is 9.59 Å². The lowest BCUT2D eigenvalue weighted by Crippen LogP contribution is -2.22. The molecular weight excluding hydrogens is 310 g/mol. The molecule has 6 heteroatoms. The SMILES string of the molecule is CN(C)C(=O)c1ccn(-c2ccc(C=O)cc2Br)n1. The first-order valence-corrected chi connectivity index (χ1v) is 6.34. The second-order valence-corrected chi connectivity index (χ2v) is 5.03. The molecule has 0 bridgehead atoms. The van der Waals surface area contributed by atoms with Gasteiger partial charge < -0.3 is 4.90 Å². The third kappa shape index (κ3) is 2.73. The van der Waals surface area contributed by atoms with Gasteiger partial charge in [-0.2, -0.15) is 5.10 Å². The highest BCUT2D eigenvalue weighted by atomic mass is 79.9. The molecule has 1 aromatic carbocycles. The van der Waals surface area contributed by atoms with E-state index in [-0.39, 0.29) is 5.91 Å². The Morgan fingerprint density at radius 2 is 2.11 bits per heavy atom. The second kappa shape index (κ2) is 5.36. The summed E-state index contributed by atoms with van der Waals surface area (Å²) in [5.41, 5.74) is 1.71. The Kier molecular flexibility index (Phi) is 3.80. The summed E-state index contributed by atoms with van der Waals surface area (Å²) in [5, 5.41) is 4.23. The van der Waals surface area contributed by atoms with Gasteiger partial charge >= 0.3 is 0 Å². The number of hydrogen-bond donors (Lipinski definition) is 0. The molecule has 0 radical (unpaired) electrons. The molecule has 5 nitrogen and oxygen atoms in total. The number of rotatable bonds is 3. The minimum absolute atomic E-state index is 0.153. The van der Waals surface area contributed by atoms with Crippen LogP contribution in [0.2, 0.25) is 0 Å². The van der Waals surface area contributed by atoms with Gasteiger partial charge in [0.1, 0.15) is 6.29 Å². The largest absolute Gasteiger partial charge is 0.343 e. The van der Waals surface area contributed by atoms with Crippen LogP contribution in [0.4, 0.5) is 0 Å². The first-order chi connectivity index (χ1) is 9.02. The lowest BCUT2D eigenvalue weighted by atomic mass is 10.2. The van der Waals surface area contributed by atoms with E-state index in [4.69, 9.17) is 0 Å². The molecule has 0 saturated heterocycles. The van der Waals surface area contributed by atoms with Crippen LogP contribution < -0.4 is 0 Å². The molecular formula is C13H12BrN3O2. The number of halogens is 1. The van der Waals surface area contributed by atoms with Crippen molar-refractivity contribution < 1.29 is 9.59 Å². The number of carbonyl (C=O) groups excluding carboxylic acids is 2. The van der Waals surface area contributed by atoms with Gasteiger partial charge in [-0.15, -0.1) is 0 Å². The number of aldehydes is 1. The Balaban J connectivity index is 2.38. The minimum atomic E-state index is -0.153. The maximum atomic E-state index is 11.8. The molecule has 0 aliphatic heterocycles. The Morgan fingerprint density at radius 3 is 2.68 bits per heavy atom. The maximum absolute atomic E-state index is 11.8. The molecule has 0 aliphatic rings. The predicted molar refractivity (Wildman–Crippen MR) is 74.7 cm³/mol. The highest BCUT2D eigenvalue weighted by Gasteiger charge is 2.13. The number of hydrogen-bond acceptors (Lipinski definition) is 3. The van der Waals surface area contributed by atoms with Gasteiger partial charge in [-0.3, -0.25) is 9.59 Å². The molecule has 2 rings (SSSR count). The monoisotopic (exact) mass is 321 g/mol. The third-order valence-electron chi connectivity index (χ3n) is 2.57.